The summed E-state index contributed by atoms with van der Waals surface area (Å²) < 4.78 is 5.29. The normalized spacial score (nSPS) is 21.5. The van der Waals surface area contributed by atoms with Gasteiger partial charge >= 0.3 is 0 Å². The molecule has 0 aromatic heterocycles. The van der Waals surface area contributed by atoms with Crippen LogP contribution in [0.5, 0.6) is 5.75 Å². The third-order valence-corrected chi connectivity index (χ3v) is 5.17. The Hall–Kier alpha value is -2.08. The number of rotatable bonds is 6. The minimum atomic E-state index is -0.0338. The molecule has 1 aromatic carbocycles. The van der Waals surface area contributed by atoms with E-state index < -0.39 is 0 Å². The molecule has 0 bridgehead atoms. The molecular weight excluding hydrogens is 330 g/mol. The number of ether oxygens (including phenoxy) is 1. The Labute approximate surface area is 155 Å². The van der Waals surface area contributed by atoms with Crippen LogP contribution in [0.25, 0.3) is 0 Å². The molecule has 6 nitrogen and oxygen atoms in total. The molecule has 0 saturated carbocycles. The lowest BCUT2D eigenvalue weighted by Gasteiger charge is -2.34. The van der Waals surface area contributed by atoms with E-state index in [0.717, 1.165) is 51.1 Å². The van der Waals surface area contributed by atoms with Crippen molar-refractivity contribution in [2.45, 2.75) is 44.7 Å². The molecule has 1 aromatic rings. The maximum Gasteiger partial charge on any atom is 0.239 e. The highest BCUT2D eigenvalue weighted by atomic mass is 16.5. The molecule has 0 spiro atoms. The maximum absolute atomic E-state index is 12.3. The van der Waals surface area contributed by atoms with Gasteiger partial charge in [-0.05, 0) is 49.9 Å². The third kappa shape index (κ3) is 5.21. The Kier molecular flexibility index (Phi) is 6.50. The highest BCUT2D eigenvalue weighted by molar-refractivity contribution is 5.85. The van der Waals surface area contributed by atoms with Gasteiger partial charge in [0.25, 0.3) is 0 Å². The quantitative estimate of drug-likeness (QED) is 0.841. The first-order valence-electron chi connectivity index (χ1n) is 9.56. The van der Waals surface area contributed by atoms with E-state index in [4.69, 9.17) is 4.74 Å². The molecule has 0 aliphatic carbocycles. The minimum absolute atomic E-state index is 0.0338. The van der Waals surface area contributed by atoms with Gasteiger partial charge in [-0.15, -0.1) is 0 Å². The van der Waals surface area contributed by atoms with Gasteiger partial charge in [0.15, 0.2) is 0 Å². The predicted molar refractivity (Wildman–Crippen MR) is 99.9 cm³/mol. The van der Waals surface area contributed by atoms with Crippen LogP contribution in [-0.2, 0) is 16.1 Å². The van der Waals surface area contributed by atoms with Crippen LogP contribution in [0.2, 0.25) is 0 Å². The second-order valence-electron chi connectivity index (χ2n) is 7.27. The van der Waals surface area contributed by atoms with Gasteiger partial charge in [0.2, 0.25) is 11.8 Å². The van der Waals surface area contributed by atoms with E-state index in [1.165, 1.54) is 5.56 Å². The van der Waals surface area contributed by atoms with Crippen LogP contribution in [0, 0.1) is 0 Å². The number of benzene rings is 1. The maximum atomic E-state index is 12.3. The number of nitrogens with one attached hydrogen (secondary N) is 1. The lowest BCUT2D eigenvalue weighted by atomic mass is 10.0. The molecule has 2 fully saturated rings. The number of hydrogen-bond acceptors (Lipinski definition) is 4. The van der Waals surface area contributed by atoms with Crippen molar-refractivity contribution in [2.24, 2.45) is 0 Å². The smallest absolute Gasteiger partial charge is 0.239 e. The van der Waals surface area contributed by atoms with Crippen LogP contribution in [-0.4, -0.2) is 60.9 Å². The summed E-state index contributed by atoms with van der Waals surface area (Å²) in [6, 6.07) is 8.27. The fraction of sp³-hybridized carbons (Fsp3) is 0.600. The summed E-state index contributed by atoms with van der Waals surface area (Å²) in [5.74, 6) is 0.943. The largest absolute Gasteiger partial charge is 0.497 e. The van der Waals surface area contributed by atoms with Gasteiger partial charge in [0.1, 0.15) is 5.75 Å². The van der Waals surface area contributed by atoms with E-state index in [2.05, 4.69) is 22.3 Å². The molecule has 1 N–H and O–H groups in total. The first kappa shape index (κ1) is 18.7. The molecule has 2 amide bonds. The molecule has 2 aliphatic rings. The SMILES string of the molecule is COc1cccc(CN2CCCC(NC(=O)CN3CCCCC3=O)C2)c1. The molecule has 0 radical (unpaired) electrons. The molecule has 142 valence electrons. The highest BCUT2D eigenvalue weighted by Crippen LogP contribution is 2.18. The zero-order chi connectivity index (χ0) is 18.4. The van der Waals surface area contributed by atoms with E-state index in [0.29, 0.717) is 13.0 Å². The van der Waals surface area contributed by atoms with Crippen molar-refractivity contribution in [3.8, 4) is 5.75 Å². The van der Waals surface area contributed by atoms with Gasteiger partial charge in [0.05, 0.1) is 13.7 Å². The summed E-state index contributed by atoms with van der Waals surface area (Å²) in [5.41, 5.74) is 1.22. The Bertz CT molecular complexity index is 634. The van der Waals surface area contributed by atoms with E-state index in [9.17, 15) is 9.59 Å². The first-order valence-corrected chi connectivity index (χ1v) is 9.56. The number of piperidine rings is 2. The first-order chi connectivity index (χ1) is 12.6. The van der Waals surface area contributed by atoms with E-state index in [-0.39, 0.29) is 24.4 Å². The zero-order valence-corrected chi connectivity index (χ0v) is 15.6. The topological polar surface area (TPSA) is 61.9 Å². The Balaban J connectivity index is 1.48. The monoisotopic (exact) mass is 359 g/mol. The van der Waals surface area contributed by atoms with Gasteiger partial charge < -0.3 is 15.0 Å². The van der Waals surface area contributed by atoms with Crippen molar-refractivity contribution in [1.29, 1.82) is 0 Å². The van der Waals surface area contributed by atoms with Crippen molar-refractivity contribution >= 4 is 11.8 Å². The van der Waals surface area contributed by atoms with Crippen LogP contribution in [0.15, 0.2) is 24.3 Å². The van der Waals surface area contributed by atoms with Crippen molar-refractivity contribution in [3.05, 3.63) is 29.8 Å². The number of amides is 2. The van der Waals surface area contributed by atoms with Crippen molar-refractivity contribution in [1.82, 2.24) is 15.1 Å². The summed E-state index contributed by atoms with van der Waals surface area (Å²) in [5, 5.41) is 3.13. The summed E-state index contributed by atoms with van der Waals surface area (Å²) >= 11 is 0. The fourth-order valence-corrected chi connectivity index (χ4v) is 3.82. The lowest BCUT2D eigenvalue weighted by molar-refractivity contribution is -0.138. The van der Waals surface area contributed by atoms with Gasteiger partial charge in [-0.3, -0.25) is 14.5 Å². The van der Waals surface area contributed by atoms with Crippen LogP contribution in [0.4, 0.5) is 0 Å². The summed E-state index contributed by atoms with van der Waals surface area (Å²) in [7, 11) is 1.68. The van der Waals surface area contributed by atoms with E-state index in [1.54, 1.807) is 12.0 Å². The van der Waals surface area contributed by atoms with Crippen LogP contribution in [0.1, 0.15) is 37.7 Å². The van der Waals surface area contributed by atoms with Crippen molar-refractivity contribution < 1.29 is 14.3 Å². The molecule has 2 saturated heterocycles. The summed E-state index contributed by atoms with van der Waals surface area (Å²) in [6.45, 7) is 3.64. The average Bonchev–Trinajstić information content (AvgIpc) is 2.64. The predicted octanol–water partition coefficient (Wildman–Crippen LogP) is 1.79. The van der Waals surface area contributed by atoms with Crippen LogP contribution < -0.4 is 10.1 Å². The third-order valence-electron chi connectivity index (χ3n) is 5.17. The van der Waals surface area contributed by atoms with Gasteiger partial charge in [0, 0.05) is 32.1 Å². The minimum Gasteiger partial charge on any atom is -0.497 e. The molecule has 2 aliphatic heterocycles. The number of carbonyl (C=O) groups is 2. The number of carbonyl (C=O) groups excluding carboxylic acids is 2. The van der Waals surface area contributed by atoms with Crippen LogP contribution >= 0.6 is 0 Å². The molecule has 2 heterocycles. The van der Waals surface area contributed by atoms with Gasteiger partial charge in [-0.1, -0.05) is 12.1 Å². The van der Waals surface area contributed by atoms with Crippen molar-refractivity contribution in [3.63, 3.8) is 0 Å². The molecule has 3 rings (SSSR count). The van der Waals surface area contributed by atoms with E-state index in [1.807, 2.05) is 12.1 Å². The van der Waals surface area contributed by atoms with Gasteiger partial charge in [-0.25, -0.2) is 0 Å². The molecular formula is C20H29N3O3. The number of hydrogen-bond donors (Lipinski definition) is 1. The number of methoxy groups -OCH3 is 1. The molecule has 1 unspecified atom stereocenters. The van der Waals surface area contributed by atoms with Gasteiger partial charge in [-0.2, -0.15) is 0 Å². The molecule has 1 atom stereocenters. The molecule has 6 heteroatoms. The Morgan fingerprint density at radius 3 is 2.96 bits per heavy atom. The fourth-order valence-electron chi connectivity index (χ4n) is 3.82. The number of nitrogens with zero attached hydrogens (tertiary/aromatic N) is 2. The lowest BCUT2D eigenvalue weighted by Crippen LogP contribution is -2.50. The second kappa shape index (κ2) is 9.03. The number of likely N-dealkylation sites (tertiary alicyclic amines) is 2. The Morgan fingerprint density at radius 2 is 2.15 bits per heavy atom. The van der Waals surface area contributed by atoms with Crippen LogP contribution in [0.3, 0.4) is 0 Å². The van der Waals surface area contributed by atoms with E-state index >= 15 is 0 Å². The zero-order valence-electron chi connectivity index (χ0n) is 15.6. The second-order valence-corrected chi connectivity index (χ2v) is 7.27. The standard InChI is InChI=1S/C20H29N3O3/c1-26-18-8-4-6-16(12-18)13-22-10-5-7-17(14-22)21-19(24)15-23-11-3-2-9-20(23)25/h4,6,8,12,17H,2-3,5,7,9-11,13-15H2,1H3,(H,21,24). The van der Waals surface area contributed by atoms with Crippen molar-refractivity contribution in [2.75, 3.05) is 33.3 Å². The Morgan fingerprint density at radius 1 is 1.27 bits per heavy atom. The highest BCUT2D eigenvalue weighted by Gasteiger charge is 2.24. The summed E-state index contributed by atoms with van der Waals surface area (Å²) in [4.78, 5) is 28.3. The molecule has 26 heavy (non-hydrogen) atoms. The summed E-state index contributed by atoms with van der Waals surface area (Å²) in [6.07, 6.45) is 4.58. The average molecular weight is 359 g/mol.